The van der Waals surface area contributed by atoms with Gasteiger partial charge in [0, 0.05) is 17.6 Å². The van der Waals surface area contributed by atoms with E-state index in [4.69, 9.17) is 30.9 Å². The molecule has 0 unspecified atom stereocenters. The number of carboxylic acids is 1. The standard InChI is InChI=1S/C19H23ClN2O6S/c1-2-26-5-6-27-7-8-28-14-3-4-15(16(20)10-14)19-22-13(12-29-19)9-17(23)21-11-18(24)25/h3-4,10,12H,2,5-9,11H2,1H3,(H,21,23)(H,24,25). The van der Waals surface area contributed by atoms with Crippen molar-refractivity contribution in [2.24, 2.45) is 0 Å². The highest BCUT2D eigenvalue weighted by molar-refractivity contribution is 7.13. The molecule has 0 fully saturated rings. The summed E-state index contributed by atoms with van der Waals surface area (Å²) in [7, 11) is 0. The summed E-state index contributed by atoms with van der Waals surface area (Å²) in [4.78, 5) is 26.6. The van der Waals surface area contributed by atoms with Crippen LogP contribution in [0.4, 0.5) is 0 Å². The molecule has 2 rings (SSSR count). The van der Waals surface area contributed by atoms with Gasteiger partial charge >= 0.3 is 5.97 Å². The number of nitrogens with one attached hydrogen (secondary N) is 1. The second-order valence-electron chi connectivity index (χ2n) is 5.79. The Morgan fingerprint density at radius 1 is 1.21 bits per heavy atom. The van der Waals surface area contributed by atoms with Gasteiger partial charge < -0.3 is 24.6 Å². The molecule has 1 aromatic heterocycles. The van der Waals surface area contributed by atoms with Crippen molar-refractivity contribution < 1.29 is 28.9 Å². The largest absolute Gasteiger partial charge is 0.491 e. The lowest BCUT2D eigenvalue weighted by Crippen LogP contribution is -2.30. The maximum atomic E-state index is 11.7. The molecule has 2 aromatic rings. The van der Waals surface area contributed by atoms with Crippen LogP contribution in [0.15, 0.2) is 23.6 Å². The number of carbonyl (C=O) groups excluding carboxylic acids is 1. The minimum absolute atomic E-state index is 0.00584. The van der Waals surface area contributed by atoms with Crippen LogP contribution in [0, 0.1) is 0 Å². The van der Waals surface area contributed by atoms with Crippen LogP contribution in [-0.2, 0) is 25.5 Å². The van der Waals surface area contributed by atoms with Gasteiger partial charge in [0.1, 0.15) is 23.9 Å². The van der Waals surface area contributed by atoms with E-state index in [2.05, 4.69) is 10.3 Å². The number of hydrogen-bond acceptors (Lipinski definition) is 7. The molecule has 0 spiro atoms. The maximum Gasteiger partial charge on any atom is 0.322 e. The van der Waals surface area contributed by atoms with Gasteiger partial charge in [0.15, 0.2) is 0 Å². The van der Waals surface area contributed by atoms with E-state index in [-0.39, 0.29) is 6.42 Å². The number of aliphatic carboxylic acids is 1. The number of thiazole rings is 1. The third-order valence-corrected chi connectivity index (χ3v) is 4.81. The van der Waals surface area contributed by atoms with Crippen LogP contribution in [0.2, 0.25) is 5.02 Å². The average molecular weight is 443 g/mol. The van der Waals surface area contributed by atoms with Gasteiger partial charge in [-0.2, -0.15) is 0 Å². The molecule has 1 heterocycles. The number of carboxylic acid groups (broad SMARTS) is 1. The third-order valence-electron chi connectivity index (χ3n) is 3.57. The predicted molar refractivity (Wildman–Crippen MR) is 110 cm³/mol. The van der Waals surface area contributed by atoms with E-state index in [1.54, 1.807) is 23.6 Å². The number of halogens is 1. The van der Waals surface area contributed by atoms with Crippen molar-refractivity contribution in [1.29, 1.82) is 0 Å². The lowest BCUT2D eigenvalue weighted by Gasteiger charge is -2.09. The number of aromatic nitrogens is 1. The smallest absolute Gasteiger partial charge is 0.322 e. The van der Waals surface area contributed by atoms with Gasteiger partial charge in [0.25, 0.3) is 0 Å². The van der Waals surface area contributed by atoms with Gasteiger partial charge in [-0.05, 0) is 25.1 Å². The molecule has 158 valence electrons. The van der Waals surface area contributed by atoms with E-state index in [0.717, 1.165) is 5.56 Å². The third kappa shape index (κ3) is 8.36. The Labute approximate surface area is 177 Å². The summed E-state index contributed by atoms with van der Waals surface area (Å²) in [5, 5.41) is 13.8. The molecule has 8 nitrogen and oxygen atoms in total. The number of benzene rings is 1. The van der Waals surface area contributed by atoms with Crippen LogP contribution in [-0.4, -0.2) is 61.5 Å². The van der Waals surface area contributed by atoms with Crippen LogP contribution < -0.4 is 10.1 Å². The summed E-state index contributed by atoms with van der Waals surface area (Å²) in [6.45, 7) is 4.12. The minimum Gasteiger partial charge on any atom is -0.491 e. The van der Waals surface area contributed by atoms with Crippen molar-refractivity contribution in [3.05, 3.63) is 34.3 Å². The molecule has 10 heteroatoms. The zero-order chi connectivity index (χ0) is 21.1. The highest BCUT2D eigenvalue weighted by atomic mass is 35.5. The van der Waals surface area contributed by atoms with Crippen LogP contribution in [0.3, 0.4) is 0 Å². The normalized spacial score (nSPS) is 10.7. The Bertz CT molecular complexity index is 814. The Balaban J connectivity index is 1.84. The summed E-state index contributed by atoms with van der Waals surface area (Å²) in [5.74, 6) is -0.872. The molecular weight excluding hydrogens is 420 g/mol. The zero-order valence-corrected chi connectivity index (χ0v) is 17.6. The van der Waals surface area contributed by atoms with Crippen molar-refractivity contribution in [3.63, 3.8) is 0 Å². The molecule has 0 aliphatic rings. The van der Waals surface area contributed by atoms with Crippen molar-refractivity contribution in [2.75, 3.05) is 39.6 Å². The molecular formula is C19H23ClN2O6S. The fourth-order valence-electron chi connectivity index (χ4n) is 2.25. The summed E-state index contributed by atoms with van der Waals surface area (Å²) < 4.78 is 16.2. The van der Waals surface area contributed by atoms with Gasteiger partial charge in [0.05, 0.1) is 37.0 Å². The van der Waals surface area contributed by atoms with Gasteiger partial charge in [-0.3, -0.25) is 9.59 Å². The molecule has 0 bridgehead atoms. The van der Waals surface area contributed by atoms with Crippen molar-refractivity contribution in [2.45, 2.75) is 13.3 Å². The molecule has 0 aliphatic heterocycles. The number of hydrogen-bond donors (Lipinski definition) is 2. The molecule has 0 aliphatic carbocycles. The van der Waals surface area contributed by atoms with Gasteiger partial charge in [0.2, 0.25) is 5.91 Å². The SMILES string of the molecule is CCOCCOCCOc1ccc(-c2nc(CC(=O)NCC(=O)O)cs2)c(Cl)c1. The second kappa shape index (κ2) is 12.4. The molecule has 0 atom stereocenters. The van der Waals surface area contributed by atoms with Crippen molar-refractivity contribution in [1.82, 2.24) is 10.3 Å². The average Bonchev–Trinajstić information content (AvgIpc) is 3.14. The van der Waals surface area contributed by atoms with Gasteiger partial charge in [-0.15, -0.1) is 11.3 Å². The predicted octanol–water partition coefficient (Wildman–Crippen LogP) is 2.64. The Morgan fingerprint density at radius 3 is 2.69 bits per heavy atom. The fourth-order valence-corrected chi connectivity index (χ4v) is 3.43. The van der Waals surface area contributed by atoms with E-state index >= 15 is 0 Å². The highest BCUT2D eigenvalue weighted by Gasteiger charge is 2.12. The number of ether oxygens (including phenoxy) is 3. The van der Waals surface area contributed by atoms with E-state index in [0.29, 0.717) is 54.5 Å². The number of rotatable bonds is 13. The number of nitrogens with zero attached hydrogens (tertiary/aromatic N) is 1. The molecule has 0 radical (unpaired) electrons. The van der Waals surface area contributed by atoms with Crippen molar-refractivity contribution in [3.8, 4) is 16.3 Å². The topological polar surface area (TPSA) is 107 Å². The molecule has 29 heavy (non-hydrogen) atoms. The Morgan fingerprint density at radius 2 is 1.97 bits per heavy atom. The van der Waals surface area contributed by atoms with Gasteiger partial charge in [-0.1, -0.05) is 11.6 Å². The molecule has 1 amide bonds. The number of amides is 1. The minimum atomic E-state index is -1.09. The van der Waals surface area contributed by atoms with E-state index < -0.39 is 18.4 Å². The summed E-state index contributed by atoms with van der Waals surface area (Å²) >= 11 is 7.71. The summed E-state index contributed by atoms with van der Waals surface area (Å²) in [6, 6.07) is 5.31. The Kier molecular flexibility index (Phi) is 9.85. The quantitative estimate of drug-likeness (QED) is 0.459. The lowest BCUT2D eigenvalue weighted by atomic mass is 10.2. The molecule has 0 saturated heterocycles. The first-order valence-corrected chi connectivity index (χ1v) is 10.3. The van der Waals surface area contributed by atoms with Crippen LogP contribution in [0.25, 0.3) is 10.6 Å². The first kappa shape index (κ1) is 23.1. The lowest BCUT2D eigenvalue weighted by molar-refractivity contribution is -0.137. The monoisotopic (exact) mass is 442 g/mol. The maximum absolute atomic E-state index is 11.7. The summed E-state index contributed by atoms with van der Waals surface area (Å²) in [6.07, 6.45) is 0.00584. The molecule has 2 N–H and O–H groups in total. The van der Waals surface area contributed by atoms with Crippen LogP contribution in [0.1, 0.15) is 12.6 Å². The fraction of sp³-hybridized carbons (Fsp3) is 0.421. The first-order chi connectivity index (χ1) is 14.0. The van der Waals surface area contributed by atoms with Crippen LogP contribution >= 0.6 is 22.9 Å². The molecule has 0 saturated carbocycles. The van der Waals surface area contributed by atoms with E-state index in [1.165, 1.54) is 11.3 Å². The van der Waals surface area contributed by atoms with Gasteiger partial charge in [-0.25, -0.2) is 4.98 Å². The van der Waals surface area contributed by atoms with E-state index in [1.807, 2.05) is 6.92 Å². The zero-order valence-electron chi connectivity index (χ0n) is 16.0. The Hall–Kier alpha value is -2.20. The van der Waals surface area contributed by atoms with Crippen molar-refractivity contribution >= 4 is 34.8 Å². The highest BCUT2D eigenvalue weighted by Crippen LogP contribution is 2.33. The summed E-state index contributed by atoms with van der Waals surface area (Å²) in [5.41, 5.74) is 1.28. The second-order valence-corrected chi connectivity index (χ2v) is 7.06. The van der Waals surface area contributed by atoms with E-state index in [9.17, 15) is 9.59 Å². The molecule has 1 aromatic carbocycles. The number of carbonyl (C=O) groups is 2. The van der Waals surface area contributed by atoms with Crippen LogP contribution in [0.5, 0.6) is 5.75 Å². The first-order valence-electron chi connectivity index (χ1n) is 9.00.